The molecule has 1 aliphatic heterocycles. The van der Waals surface area contributed by atoms with Gasteiger partial charge in [-0.3, -0.25) is 9.59 Å². The van der Waals surface area contributed by atoms with Crippen LogP contribution in [-0.4, -0.2) is 43.4 Å². The average molecular weight is 283 g/mol. The van der Waals surface area contributed by atoms with Crippen molar-refractivity contribution in [3.63, 3.8) is 0 Å². The first kappa shape index (κ1) is 17.0. The Hall–Kier alpha value is -1.10. The van der Waals surface area contributed by atoms with Crippen LogP contribution in [0.5, 0.6) is 0 Å². The third-order valence-electron chi connectivity index (χ3n) is 4.52. The molecule has 0 spiro atoms. The fraction of sp³-hybridized carbons (Fsp3) is 0.867. The SMILES string of the molecule is CCC(CCN)CCC(=O)N1CCC(C)(C(=O)NC)C1. The number of hydrogen-bond acceptors (Lipinski definition) is 3. The molecule has 3 N–H and O–H groups in total. The van der Waals surface area contributed by atoms with Crippen molar-refractivity contribution in [2.45, 2.75) is 46.0 Å². The molecule has 1 aliphatic rings. The van der Waals surface area contributed by atoms with Crippen molar-refractivity contribution in [2.24, 2.45) is 17.1 Å². The van der Waals surface area contributed by atoms with Crippen LogP contribution in [0.2, 0.25) is 0 Å². The van der Waals surface area contributed by atoms with Crippen molar-refractivity contribution in [1.82, 2.24) is 10.2 Å². The quantitative estimate of drug-likeness (QED) is 0.735. The lowest BCUT2D eigenvalue weighted by Crippen LogP contribution is -2.40. The Balaban J connectivity index is 2.44. The molecule has 2 atom stereocenters. The summed E-state index contributed by atoms with van der Waals surface area (Å²) in [6, 6.07) is 0. The third-order valence-corrected chi connectivity index (χ3v) is 4.52. The molecule has 1 fully saturated rings. The van der Waals surface area contributed by atoms with Gasteiger partial charge in [-0.2, -0.15) is 0 Å². The fourth-order valence-electron chi connectivity index (χ4n) is 2.94. The van der Waals surface area contributed by atoms with Crippen LogP contribution >= 0.6 is 0 Å². The molecule has 0 aromatic heterocycles. The molecule has 0 aliphatic carbocycles. The summed E-state index contributed by atoms with van der Waals surface area (Å²) in [5.74, 6) is 0.743. The Bertz CT molecular complexity index is 346. The van der Waals surface area contributed by atoms with Crippen molar-refractivity contribution in [2.75, 3.05) is 26.7 Å². The van der Waals surface area contributed by atoms with Gasteiger partial charge in [0.1, 0.15) is 0 Å². The van der Waals surface area contributed by atoms with Crippen molar-refractivity contribution in [1.29, 1.82) is 0 Å². The number of hydrogen-bond donors (Lipinski definition) is 2. The lowest BCUT2D eigenvalue weighted by Gasteiger charge is -2.23. The number of likely N-dealkylation sites (tertiary alicyclic amines) is 1. The molecule has 0 aromatic carbocycles. The molecule has 116 valence electrons. The molecular formula is C15H29N3O2. The van der Waals surface area contributed by atoms with Gasteiger partial charge in [-0.1, -0.05) is 13.3 Å². The molecule has 0 radical (unpaired) electrons. The zero-order chi connectivity index (χ0) is 15.2. The molecule has 1 saturated heterocycles. The van der Waals surface area contributed by atoms with Gasteiger partial charge in [0.2, 0.25) is 11.8 Å². The highest BCUT2D eigenvalue weighted by atomic mass is 16.2. The summed E-state index contributed by atoms with van der Waals surface area (Å²) in [6.45, 7) is 5.99. The lowest BCUT2D eigenvalue weighted by atomic mass is 9.89. The summed E-state index contributed by atoms with van der Waals surface area (Å²) >= 11 is 0. The van der Waals surface area contributed by atoms with Crippen LogP contribution in [0.25, 0.3) is 0 Å². The van der Waals surface area contributed by atoms with E-state index in [0.29, 0.717) is 32.0 Å². The van der Waals surface area contributed by atoms with E-state index >= 15 is 0 Å². The normalized spacial score (nSPS) is 23.7. The minimum Gasteiger partial charge on any atom is -0.359 e. The second-order valence-electron chi connectivity index (χ2n) is 6.10. The van der Waals surface area contributed by atoms with Crippen LogP contribution in [0, 0.1) is 11.3 Å². The van der Waals surface area contributed by atoms with Crippen molar-refractivity contribution in [3.05, 3.63) is 0 Å². The second-order valence-corrected chi connectivity index (χ2v) is 6.10. The van der Waals surface area contributed by atoms with E-state index in [9.17, 15) is 9.59 Å². The first-order valence-electron chi connectivity index (χ1n) is 7.67. The molecule has 5 heteroatoms. The van der Waals surface area contributed by atoms with Crippen LogP contribution in [-0.2, 0) is 9.59 Å². The molecule has 1 heterocycles. The standard InChI is InChI=1S/C15H29N3O2/c1-4-12(7-9-16)5-6-13(19)18-10-8-15(2,11-18)14(20)17-3/h12H,4-11,16H2,1-3H3,(H,17,20). The molecule has 2 amide bonds. The number of nitrogens with zero attached hydrogens (tertiary/aromatic N) is 1. The maximum absolute atomic E-state index is 12.2. The lowest BCUT2D eigenvalue weighted by molar-refractivity contribution is -0.132. The van der Waals surface area contributed by atoms with Gasteiger partial charge in [-0.25, -0.2) is 0 Å². The van der Waals surface area contributed by atoms with E-state index < -0.39 is 5.41 Å². The Kier molecular flexibility index (Phi) is 6.46. The summed E-state index contributed by atoms with van der Waals surface area (Å²) in [5.41, 5.74) is 5.15. The highest BCUT2D eigenvalue weighted by Gasteiger charge is 2.41. The van der Waals surface area contributed by atoms with E-state index in [2.05, 4.69) is 12.2 Å². The molecule has 2 unspecified atom stereocenters. The summed E-state index contributed by atoms with van der Waals surface area (Å²) < 4.78 is 0. The number of nitrogens with two attached hydrogens (primary N) is 1. The van der Waals surface area contributed by atoms with E-state index in [4.69, 9.17) is 5.73 Å². The number of nitrogens with one attached hydrogen (secondary N) is 1. The molecule has 1 rings (SSSR count). The van der Waals surface area contributed by atoms with Gasteiger partial charge in [0.05, 0.1) is 5.41 Å². The molecule has 5 nitrogen and oxygen atoms in total. The van der Waals surface area contributed by atoms with Gasteiger partial charge in [0.15, 0.2) is 0 Å². The van der Waals surface area contributed by atoms with E-state index in [1.54, 1.807) is 7.05 Å². The highest BCUT2D eigenvalue weighted by Crippen LogP contribution is 2.30. The molecule has 0 aromatic rings. The van der Waals surface area contributed by atoms with E-state index in [1.807, 2.05) is 11.8 Å². The molecule has 0 bridgehead atoms. The van der Waals surface area contributed by atoms with E-state index in [1.165, 1.54) is 0 Å². The topological polar surface area (TPSA) is 75.4 Å². The van der Waals surface area contributed by atoms with Crippen LogP contribution < -0.4 is 11.1 Å². The number of carbonyl (C=O) groups excluding carboxylic acids is 2. The first-order chi connectivity index (χ1) is 9.46. The largest absolute Gasteiger partial charge is 0.359 e. The summed E-state index contributed by atoms with van der Waals surface area (Å²) in [7, 11) is 1.65. The van der Waals surface area contributed by atoms with Crippen molar-refractivity contribution in [3.8, 4) is 0 Å². The van der Waals surface area contributed by atoms with Crippen LogP contribution in [0.1, 0.15) is 46.0 Å². The maximum Gasteiger partial charge on any atom is 0.227 e. The van der Waals surface area contributed by atoms with Crippen LogP contribution in [0.4, 0.5) is 0 Å². The van der Waals surface area contributed by atoms with Gasteiger partial charge >= 0.3 is 0 Å². The van der Waals surface area contributed by atoms with Crippen molar-refractivity contribution >= 4 is 11.8 Å². The van der Waals surface area contributed by atoms with Crippen LogP contribution in [0.3, 0.4) is 0 Å². The van der Waals surface area contributed by atoms with Crippen molar-refractivity contribution < 1.29 is 9.59 Å². The Morgan fingerprint density at radius 1 is 1.40 bits per heavy atom. The van der Waals surface area contributed by atoms with Gasteiger partial charge in [0.25, 0.3) is 0 Å². The second kappa shape index (κ2) is 7.62. The summed E-state index contributed by atoms with van der Waals surface area (Å²) in [5, 5.41) is 2.69. The van der Waals surface area contributed by atoms with E-state index in [0.717, 1.165) is 25.7 Å². The summed E-state index contributed by atoms with van der Waals surface area (Å²) in [6.07, 6.45) is 4.28. The molecule has 0 saturated carbocycles. The predicted molar refractivity (Wildman–Crippen MR) is 80.1 cm³/mol. The zero-order valence-corrected chi connectivity index (χ0v) is 13.1. The zero-order valence-electron chi connectivity index (χ0n) is 13.1. The fourth-order valence-corrected chi connectivity index (χ4v) is 2.94. The Morgan fingerprint density at radius 2 is 2.10 bits per heavy atom. The predicted octanol–water partition coefficient (Wildman–Crippen LogP) is 1.13. The highest BCUT2D eigenvalue weighted by molar-refractivity contribution is 5.84. The summed E-state index contributed by atoms with van der Waals surface area (Å²) in [4.78, 5) is 25.9. The number of carbonyl (C=O) groups is 2. The Labute approximate surface area is 122 Å². The monoisotopic (exact) mass is 283 g/mol. The molecule has 20 heavy (non-hydrogen) atoms. The smallest absolute Gasteiger partial charge is 0.227 e. The minimum absolute atomic E-state index is 0.0300. The minimum atomic E-state index is -0.425. The van der Waals surface area contributed by atoms with Crippen LogP contribution in [0.15, 0.2) is 0 Å². The number of amides is 2. The average Bonchev–Trinajstić information content (AvgIpc) is 2.86. The van der Waals surface area contributed by atoms with Gasteiger partial charge in [-0.05, 0) is 38.6 Å². The van der Waals surface area contributed by atoms with Gasteiger partial charge in [-0.15, -0.1) is 0 Å². The van der Waals surface area contributed by atoms with Gasteiger partial charge in [0, 0.05) is 26.6 Å². The first-order valence-corrected chi connectivity index (χ1v) is 7.67. The van der Waals surface area contributed by atoms with E-state index in [-0.39, 0.29) is 11.8 Å². The van der Waals surface area contributed by atoms with Gasteiger partial charge < -0.3 is 16.0 Å². The number of rotatable bonds is 7. The third kappa shape index (κ3) is 4.20. The molecular weight excluding hydrogens is 254 g/mol. The Morgan fingerprint density at radius 3 is 2.65 bits per heavy atom. The maximum atomic E-state index is 12.2.